The van der Waals surface area contributed by atoms with E-state index in [-0.39, 0.29) is 18.0 Å². The Labute approximate surface area is 157 Å². The third-order valence-corrected chi connectivity index (χ3v) is 4.88. The van der Waals surface area contributed by atoms with Crippen molar-refractivity contribution in [2.75, 3.05) is 6.61 Å². The van der Waals surface area contributed by atoms with Crippen LogP contribution in [0.15, 0.2) is 46.9 Å². The van der Waals surface area contributed by atoms with E-state index >= 15 is 0 Å². The number of nitrogens with zero attached hydrogens (tertiary/aromatic N) is 1. The molecule has 0 aromatic heterocycles. The van der Waals surface area contributed by atoms with E-state index in [9.17, 15) is 14.4 Å². The number of benzene rings is 2. The second-order valence-electron chi connectivity index (χ2n) is 5.77. The van der Waals surface area contributed by atoms with Crippen molar-refractivity contribution in [1.82, 2.24) is 0 Å². The number of carbonyl (C=O) groups excluding carboxylic acids is 1. The predicted molar refractivity (Wildman–Crippen MR) is 102 cm³/mol. The smallest absolute Gasteiger partial charge is 0.348 e. The molecular weight excluding hydrogens is 349 g/mol. The maximum absolute atomic E-state index is 13.0. The van der Waals surface area contributed by atoms with E-state index in [1.807, 2.05) is 26.0 Å². The van der Waals surface area contributed by atoms with Gasteiger partial charge < -0.3 is 4.74 Å². The lowest BCUT2D eigenvalue weighted by Crippen LogP contribution is -2.06. The van der Waals surface area contributed by atoms with E-state index in [0.717, 1.165) is 27.1 Å². The summed E-state index contributed by atoms with van der Waals surface area (Å²) in [5.74, 6) is -0.156. The lowest BCUT2D eigenvalue weighted by molar-refractivity contribution is -0.137. The molecule has 0 bridgehead atoms. The number of ether oxygens (including phenoxy) is 1. The number of halogens is 1. The first-order valence-corrected chi connectivity index (χ1v) is 9.20. The van der Waals surface area contributed by atoms with Gasteiger partial charge in [0.05, 0.1) is 6.61 Å². The standard InChI is InChI=1S/C21H20FNO2S/c1-4-25-21(24)17(12-23)11-16-9-14(2)10-18(15(16)3)13-26-20-7-5-19(22)6-8-20/h5-11H,4,13H2,1-3H3. The van der Waals surface area contributed by atoms with Gasteiger partial charge in [-0.1, -0.05) is 17.7 Å². The first-order chi connectivity index (χ1) is 12.4. The molecule has 0 aliphatic rings. The Bertz CT molecular complexity index is 867. The number of rotatable bonds is 6. The lowest BCUT2D eigenvalue weighted by Gasteiger charge is -2.11. The van der Waals surface area contributed by atoms with Gasteiger partial charge in [0.2, 0.25) is 0 Å². The minimum absolute atomic E-state index is 0.0160. The first kappa shape index (κ1) is 19.7. The number of aryl methyl sites for hydroxylation is 1. The Kier molecular flexibility index (Phi) is 6.99. The molecule has 2 rings (SSSR count). The van der Waals surface area contributed by atoms with Crippen molar-refractivity contribution in [3.05, 3.63) is 70.0 Å². The van der Waals surface area contributed by atoms with Crippen LogP contribution < -0.4 is 0 Å². The third-order valence-electron chi connectivity index (χ3n) is 3.82. The molecule has 0 radical (unpaired) electrons. The molecule has 0 aliphatic heterocycles. The van der Waals surface area contributed by atoms with Crippen LogP contribution in [-0.2, 0) is 15.3 Å². The number of carbonyl (C=O) groups is 1. The molecule has 0 saturated heterocycles. The highest BCUT2D eigenvalue weighted by Crippen LogP contribution is 2.27. The van der Waals surface area contributed by atoms with Gasteiger partial charge in [0.1, 0.15) is 17.5 Å². The molecule has 0 amide bonds. The number of hydrogen-bond acceptors (Lipinski definition) is 4. The maximum Gasteiger partial charge on any atom is 0.348 e. The minimum Gasteiger partial charge on any atom is -0.462 e. The van der Waals surface area contributed by atoms with Gasteiger partial charge >= 0.3 is 5.97 Å². The molecule has 0 saturated carbocycles. The van der Waals surface area contributed by atoms with Gasteiger partial charge in [0.15, 0.2) is 0 Å². The van der Waals surface area contributed by atoms with Gasteiger partial charge in [-0.25, -0.2) is 9.18 Å². The number of esters is 1. The minimum atomic E-state index is -0.613. The van der Waals surface area contributed by atoms with Crippen LogP contribution in [0.3, 0.4) is 0 Å². The summed E-state index contributed by atoms with van der Waals surface area (Å²) in [6.07, 6.45) is 1.58. The number of thioether (sulfide) groups is 1. The van der Waals surface area contributed by atoms with Crippen LogP contribution in [0.1, 0.15) is 29.2 Å². The van der Waals surface area contributed by atoms with E-state index in [2.05, 4.69) is 6.07 Å². The van der Waals surface area contributed by atoms with Crippen LogP contribution in [-0.4, -0.2) is 12.6 Å². The topological polar surface area (TPSA) is 50.1 Å². The predicted octanol–water partition coefficient (Wildman–Crippen LogP) is 5.20. The SMILES string of the molecule is CCOC(=O)C(C#N)=Cc1cc(C)cc(CSc2ccc(F)cc2)c1C. The zero-order chi connectivity index (χ0) is 19.1. The number of nitriles is 1. The third kappa shape index (κ3) is 5.21. The fourth-order valence-corrected chi connectivity index (χ4v) is 3.41. The van der Waals surface area contributed by atoms with Crippen molar-refractivity contribution < 1.29 is 13.9 Å². The summed E-state index contributed by atoms with van der Waals surface area (Å²) in [6.45, 7) is 5.87. The van der Waals surface area contributed by atoms with Crippen LogP contribution in [0.5, 0.6) is 0 Å². The molecule has 0 unspecified atom stereocenters. The van der Waals surface area contributed by atoms with Crippen molar-refractivity contribution in [1.29, 1.82) is 5.26 Å². The van der Waals surface area contributed by atoms with E-state index in [1.54, 1.807) is 36.9 Å². The highest BCUT2D eigenvalue weighted by atomic mass is 32.2. The quantitative estimate of drug-likeness (QED) is 0.304. The maximum atomic E-state index is 13.0. The van der Waals surface area contributed by atoms with Crippen molar-refractivity contribution in [2.24, 2.45) is 0 Å². The Morgan fingerprint density at radius 3 is 2.58 bits per heavy atom. The van der Waals surface area contributed by atoms with Gasteiger partial charge in [0, 0.05) is 10.6 Å². The van der Waals surface area contributed by atoms with Gasteiger partial charge in [-0.05, 0) is 67.8 Å². The summed E-state index contributed by atoms with van der Waals surface area (Å²) < 4.78 is 17.9. The molecule has 0 spiro atoms. The van der Waals surface area contributed by atoms with Crippen molar-refractivity contribution in [3.63, 3.8) is 0 Å². The molecule has 0 heterocycles. The van der Waals surface area contributed by atoms with E-state index in [4.69, 9.17) is 4.74 Å². The molecule has 26 heavy (non-hydrogen) atoms. The van der Waals surface area contributed by atoms with Crippen molar-refractivity contribution >= 4 is 23.8 Å². The average molecular weight is 369 g/mol. The molecule has 134 valence electrons. The van der Waals surface area contributed by atoms with Crippen molar-refractivity contribution in [3.8, 4) is 6.07 Å². The summed E-state index contributed by atoms with van der Waals surface area (Å²) in [5, 5.41) is 9.23. The van der Waals surface area contributed by atoms with Gasteiger partial charge in [0.25, 0.3) is 0 Å². The van der Waals surface area contributed by atoms with Gasteiger partial charge in [-0.3, -0.25) is 0 Å². The molecule has 2 aromatic carbocycles. The van der Waals surface area contributed by atoms with E-state index < -0.39 is 5.97 Å². The second kappa shape index (κ2) is 9.21. The zero-order valence-corrected chi connectivity index (χ0v) is 15.8. The molecular formula is C21H20FNO2S. The fourth-order valence-electron chi connectivity index (χ4n) is 2.46. The highest BCUT2D eigenvalue weighted by molar-refractivity contribution is 7.98. The van der Waals surface area contributed by atoms with Crippen LogP contribution >= 0.6 is 11.8 Å². The van der Waals surface area contributed by atoms with E-state index in [1.165, 1.54) is 12.1 Å². The largest absolute Gasteiger partial charge is 0.462 e. The molecule has 5 heteroatoms. The Morgan fingerprint density at radius 1 is 1.27 bits per heavy atom. The summed E-state index contributed by atoms with van der Waals surface area (Å²) >= 11 is 1.61. The monoisotopic (exact) mass is 369 g/mol. The summed E-state index contributed by atoms with van der Waals surface area (Å²) in [7, 11) is 0. The van der Waals surface area contributed by atoms with Crippen LogP contribution in [0.4, 0.5) is 4.39 Å². The molecule has 0 fully saturated rings. The highest BCUT2D eigenvalue weighted by Gasteiger charge is 2.12. The average Bonchev–Trinajstić information content (AvgIpc) is 2.62. The van der Waals surface area contributed by atoms with Crippen LogP contribution in [0.25, 0.3) is 6.08 Å². The Hall–Kier alpha value is -2.58. The van der Waals surface area contributed by atoms with Crippen LogP contribution in [0, 0.1) is 31.0 Å². The normalized spacial score (nSPS) is 11.1. The van der Waals surface area contributed by atoms with Gasteiger partial charge in [-0.2, -0.15) is 5.26 Å². The molecule has 0 aliphatic carbocycles. The first-order valence-electron chi connectivity index (χ1n) is 8.22. The zero-order valence-electron chi connectivity index (χ0n) is 15.0. The molecule has 2 aromatic rings. The Balaban J connectivity index is 2.28. The fraction of sp³-hybridized carbons (Fsp3) is 0.238. The van der Waals surface area contributed by atoms with Gasteiger partial charge in [-0.15, -0.1) is 11.8 Å². The number of hydrogen-bond donors (Lipinski definition) is 0. The van der Waals surface area contributed by atoms with Crippen molar-refractivity contribution in [2.45, 2.75) is 31.4 Å². The second-order valence-corrected chi connectivity index (χ2v) is 6.82. The lowest BCUT2D eigenvalue weighted by atomic mass is 9.98. The summed E-state index contributed by atoms with van der Waals surface area (Å²) in [4.78, 5) is 12.8. The van der Waals surface area contributed by atoms with E-state index in [0.29, 0.717) is 5.75 Å². The Morgan fingerprint density at radius 2 is 1.96 bits per heavy atom. The van der Waals surface area contributed by atoms with Crippen LogP contribution in [0.2, 0.25) is 0 Å². The molecule has 3 nitrogen and oxygen atoms in total. The molecule has 0 atom stereocenters. The molecule has 0 N–H and O–H groups in total. The summed E-state index contributed by atoms with van der Waals surface area (Å²) in [6, 6.07) is 12.3. The summed E-state index contributed by atoms with van der Waals surface area (Å²) in [5.41, 5.74) is 3.95.